The van der Waals surface area contributed by atoms with E-state index < -0.39 is 0 Å². The van der Waals surface area contributed by atoms with E-state index in [0.717, 1.165) is 25.1 Å². The number of fused-ring (bicyclic) bond motifs is 1. The molecule has 1 atom stereocenters. The van der Waals surface area contributed by atoms with Gasteiger partial charge in [0.05, 0.1) is 5.02 Å². The SMILES string of the molecule is COCCC(C)NCC1=Cc2cc(Cl)cc(Cl)c2OC1. The molecule has 0 fully saturated rings. The molecule has 2 rings (SSSR count). The molecule has 1 aromatic carbocycles. The quantitative estimate of drug-likeness (QED) is 0.866. The van der Waals surface area contributed by atoms with Gasteiger partial charge in [-0.05, 0) is 37.1 Å². The van der Waals surface area contributed by atoms with Crippen LogP contribution in [0.5, 0.6) is 5.75 Å². The Morgan fingerprint density at radius 3 is 2.95 bits per heavy atom. The minimum atomic E-state index is 0.403. The Morgan fingerprint density at radius 1 is 1.40 bits per heavy atom. The summed E-state index contributed by atoms with van der Waals surface area (Å²) in [6.45, 7) is 4.25. The zero-order valence-electron chi connectivity index (χ0n) is 11.7. The van der Waals surface area contributed by atoms with Gasteiger partial charge in [-0.3, -0.25) is 0 Å². The third kappa shape index (κ3) is 4.13. The second-order valence-corrected chi connectivity index (χ2v) is 5.80. The van der Waals surface area contributed by atoms with E-state index in [-0.39, 0.29) is 0 Å². The van der Waals surface area contributed by atoms with Gasteiger partial charge in [-0.25, -0.2) is 0 Å². The third-order valence-electron chi connectivity index (χ3n) is 3.23. The van der Waals surface area contributed by atoms with Crippen LogP contribution in [0.1, 0.15) is 18.9 Å². The summed E-state index contributed by atoms with van der Waals surface area (Å²) in [6, 6.07) is 3.97. The lowest BCUT2D eigenvalue weighted by molar-refractivity contribution is 0.185. The van der Waals surface area contributed by atoms with Crippen LogP contribution in [0.15, 0.2) is 17.7 Å². The first kappa shape index (κ1) is 15.6. The molecule has 1 aromatic rings. The summed E-state index contributed by atoms with van der Waals surface area (Å²) in [5, 5.41) is 4.63. The highest BCUT2D eigenvalue weighted by Gasteiger charge is 2.16. The molecule has 3 nitrogen and oxygen atoms in total. The van der Waals surface area contributed by atoms with Gasteiger partial charge in [-0.15, -0.1) is 0 Å². The second kappa shape index (κ2) is 7.32. The summed E-state index contributed by atoms with van der Waals surface area (Å²) in [6.07, 6.45) is 3.07. The van der Waals surface area contributed by atoms with Gasteiger partial charge in [-0.1, -0.05) is 23.2 Å². The molecule has 0 saturated heterocycles. The number of methoxy groups -OCH3 is 1. The fourth-order valence-electron chi connectivity index (χ4n) is 2.07. The maximum atomic E-state index is 6.11. The molecule has 0 aromatic heterocycles. The summed E-state index contributed by atoms with van der Waals surface area (Å²) in [7, 11) is 1.72. The summed E-state index contributed by atoms with van der Waals surface area (Å²) < 4.78 is 10.8. The van der Waals surface area contributed by atoms with Gasteiger partial charge in [0.25, 0.3) is 0 Å². The molecule has 0 radical (unpaired) electrons. The predicted molar refractivity (Wildman–Crippen MR) is 83.9 cm³/mol. The van der Waals surface area contributed by atoms with E-state index in [1.165, 1.54) is 5.57 Å². The van der Waals surface area contributed by atoms with Crippen molar-refractivity contribution in [3.05, 3.63) is 33.3 Å². The number of ether oxygens (including phenoxy) is 2. The van der Waals surface area contributed by atoms with Crippen molar-refractivity contribution in [2.45, 2.75) is 19.4 Å². The maximum Gasteiger partial charge on any atom is 0.145 e. The highest BCUT2D eigenvalue weighted by atomic mass is 35.5. The van der Waals surface area contributed by atoms with Crippen LogP contribution in [0.3, 0.4) is 0 Å². The van der Waals surface area contributed by atoms with Crippen molar-refractivity contribution in [1.29, 1.82) is 0 Å². The van der Waals surface area contributed by atoms with Crippen LogP contribution in [0.2, 0.25) is 10.0 Å². The van der Waals surface area contributed by atoms with E-state index in [1.54, 1.807) is 13.2 Å². The van der Waals surface area contributed by atoms with Crippen LogP contribution in [0.4, 0.5) is 0 Å². The molecule has 20 heavy (non-hydrogen) atoms. The zero-order valence-corrected chi connectivity index (χ0v) is 13.2. The fraction of sp³-hybridized carbons (Fsp3) is 0.467. The Labute approximate surface area is 129 Å². The van der Waals surface area contributed by atoms with Gasteiger partial charge in [-0.2, -0.15) is 0 Å². The molecule has 0 saturated carbocycles. The average molecular weight is 316 g/mol. The molecule has 1 heterocycles. The standard InChI is InChI=1S/C15H19Cl2NO2/c1-10(3-4-19-2)18-8-11-5-12-6-13(16)7-14(17)15(12)20-9-11/h5-7,10,18H,3-4,8-9H2,1-2H3. The Hall–Kier alpha value is -0.740. The van der Waals surface area contributed by atoms with E-state index in [2.05, 4.69) is 18.3 Å². The van der Waals surface area contributed by atoms with Crippen molar-refractivity contribution in [3.63, 3.8) is 0 Å². The van der Waals surface area contributed by atoms with Crippen LogP contribution in [-0.2, 0) is 4.74 Å². The Morgan fingerprint density at radius 2 is 2.20 bits per heavy atom. The minimum absolute atomic E-state index is 0.403. The smallest absolute Gasteiger partial charge is 0.145 e. The molecule has 1 aliphatic heterocycles. The first-order valence-electron chi connectivity index (χ1n) is 6.63. The number of hydrogen-bond acceptors (Lipinski definition) is 3. The van der Waals surface area contributed by atoms with Crippen LogP contribution in [-0.4, -0.2) is 32.9 Å². The van der Waals surface area contributed by atoms with Crippen molar-refractivity contribution < 1.29 is 9.47 Å². The van der Waals surface area contributed by atoms with Crippen molar-refractivity contribution in [2.24, 2.45) is 0 Å². The maximum absolute atomic E-state index is 6.11. The molecule has 1 N–H and O–H groups in total. The van der Waals surface area contributed by atoms with Crippen LogP contribution < -0.4 is 10.1 Å². The molecule has 0 spiro atoms. The molecular weight excluding hydrogens is 297 g/mol. The number of hydrogen-bond donors (Lipinski definition) is 1. The topological polar surface area (TPSA) is 30.5 Å². The lowest BCUT2D eigenvalue weighted by Gasteiger charge is -2.21. The first-order valence-corrected chi connectivity index (χ1v) is 7.39. The molecule has 0 bridgehead atoms. The van der Waals surface area contributed by atoms with Gasteiger partial charge in [0, 0.05) is 36.9 Å². The number of halogens is 2. The Bertz CT molecular complexity index is 503. The third-order valence-corrected chi connectivity index (χ3v) is 3.73. The highest BCUT2D eigenvalue weighted by Crippen LogP contribution is 2.36. The molecule has 1 aliphatic rings. The van der Waals surface area contributed by atoms with E-state index in [9.17, 15) is 0 Å². The first-order chi connectivity index (χ1) is 9.60. The van der Waals surface area contributed by atoms with Gasteiger partial charge >= 0.3 is 0 Å². The number of rotatable bonds is 6. The number of nitrogens with one attached hydrogen (secondary N) is 1. The Kier molecular flexibility index (Phi) is 5.73. The Balaban J connectivity index is 1.99. The lowest BCUT2D eigenvalue weighted by Crippen LogP contribution is -2.30. The number of benzene rings is 1. The highest BCUT2D eigenvalue weighted by molar-refractivity contribution is 6.36. The lowest BCUT2D eigenvalue weighted by atomic mass is 10.1. The molecule has 0 aliphatic carbocycles. The normalized spacial score (nSPS) is 15.3. The molecule has 110 valence electrons. The summed E-state index contributed by atoms with van der Waals surface area (Å²) in [5.41, 5.74) is 2.12. The van der Waals surface area contributed by atoms with Crippen molar-refractivity contribution >= 4 is 29.3 Å². The molecular formula is C15H19Cl2NO2. The van der Waals surface area contributed by atoms with E-state index in [0.29, 0.717) is 28.4 Å². The predicted octanol–water partition coefficient (Wildman–Crippen LogP) is 3.78. The summed E-state index contributed by atoms with van der Waals surface area (Å²) >= 11 is 12.1. The van der Waals surface area contributed by atoms with Crippen LogP contribution in [0, 0.1) is 0 Å². The second-order valence-electron chi connectivity index (χ2n) is 4.96. The van der Waals surface area contributed by atoms with E-state index >= 15 is 0 Å². The monoisotopic (exact) mass is 315 g/mol. The van der Waals surface area contributed by atoms with Gasteiger partial charge < -0.3 is 14.8 Å². The molecule has 0 amide bonds. The average Bonchev–Trinajstić information content (AvgIpc) is 2.42. The minimum Gasteiger partial charge on any atom is -0.487 e. The van der Waals surface area contributed by atoms with E-state index in [4.69, 9.17) is 32.7 Å². The fourth-order valence-corrected chi connectivity index (χ4v) is 2.63. The van der Waals surface area contributed by atoms with Gasteiger partial charge in [0.1, 0.15) is 12.4 Å². The zero-order chi connectivity index (χ0) is 14.5. The largest absolute Gasteiger partial charge is 0.487 e. The van der Waals surface area contributed by atoms with Gasteiger partial charge in [0.2, 0.25) is 0 Å². The molecule has 1 unspecified atom stereocenters. The van der Waals surface area contributed by atoms with E-state index in [1.807, 2.05) is 6.07 Å². The van der Waals surface area contributed by atoms with Crippen LogP contribution in [0.25, 0.3) is 6.08 Å². The van der Waals surface area contributed by atoms with Crippen LogP contribution >= 0.6 is 23.2 Å². The summed E-state index contributed by atoms with van der Waals surface area (Å²) in [4.78, 5) is 0. The van der Waals surface area contributed by atoms with Crippen molar-refractivity contribution in [2.75, 3.05) is 26.9 Å². The molecule has 5 heteroatoms. The van der Waals surface area contributed by atoms with Gasteiger partial charge in [0.15, 0.2) is 0 Å². The van der Waals surface area contributed by atoms with Crippen molar-refractivity contribution in [1.82, 2.24) is 5.32 Å². The summed E-state index contributed by atoms with van der Waals surface area (Å²) in [5.74, 6) is 0.715. The van der Waals surface area contributed by atoms with Crippen molar-refractivity contribution in [3.8, 4) is 5.75 Å².